The van der Waals surface area contributed by atoms with Gasteiger partial charge in [-0.05, 0) is 31.7 Å². The first-order valence-corrected chi connectivity index (χ1v) is 11.5. The second kappa shape index (κ2) is 9.16. The van der Waals surface area contributed by atoms with Gasteiger partial charge < -0.3 is 19.5 Å². The molecule has 0 bridgehead atoms. The maximum atomic E-state index is 14.3. The molecule has 1 aliphatic carbocycles. The van der Waals surface area contributed by atoms with Crippen molar-refractivity contribution in [1.82, 2.24) is 30.6 Å². The summed E-state index contributed by atoms with van der Waals surface area (Å²) in [6.45, 7) is -0.0830. The number of nitrogens with one attached hydrogen (secondary N) is 2. The van der Waals surface area contributed by atoms with Crippen LogP contribution in [-0.2, 0) is 17.5 Å². The molecule has 196 valence electrons. The lowest BCUT2D eigenvalue weighted by Crippen LogP contribution is -2.50. The normalized spacial score (nSPS) is 18.6. The topological polar surface area (TPSA) is 126 Å². The Balaban J connectivity index is 1.24. The standard InChI is InChI=1S/C23H22F4N6O4/c1-36-18-6-14(15(24)10-28-18)16-7-17(31-30-16)21(35)33-5-2-12(8-22(33)3-4-22)20(34)29-9-13-11-37-32-19(13)23(25,26)27/h6-7,10-12H,2-5,8-9H2,1H3,(H,29,34)(H,30,31)/t12-/m0/s1. The molecule has 2 aliphatic rings. The number of aromatic nitrogens is 4. The van der Waals surface area contributed by atoms with E-state index in [-0.39, 0.29) is 47.4 Å². The summed E-state index contributed by atoms with van der Waals surface area (Å²) in [5.41, 5.74) is -1.43. The van der Waals surface area contributed by atoms with Crippen molar-refractivity contribution in [3.63, 3.8) is 0 Å². The van der Waals surface area contributed by atoms with Crippen LogP contribution in [0, 0.1) is 11.7 Å². The lowest BCUT2D eigenvalue weighted by atomic mass is 9.88. The van der Waals surface area contributed by atoms with Gasteiger partial charge in [0.05, 0.1) is 19.0 Å². The summed E-state index contributed by atoms with van der Waals surface area (Å²) < 4.78 is 62.6. The van der Waals surface area contributed by atoms with Gasteiger partial charge in [0.2, 0.25) is 11.8 Å². The van der Waals surface area contributed by atoms with Crippen LogP contribution in [0.15, 0.2) is 29.1 Å². The molecule has 10 nitrogen and oxygen atoms in total. The number of nitrogens with zero attached hydrogens (tertiary/aromatic N) is 4. The quantitative estimate of drug-likeness (QED) is 0.476. The second-order valence-corrected chi connectivity index (χ2v) is 9.15. The van der Waals surface area contributed by atoms with E-state index in [4.69, 9.17) is 4.74 Å². The third kappa shape index (κ3) is 4.74. The van der Waals surface area contributed by atoms with E-state index in [1.165, 1.54) is 19.2 Å². The van der Waals surface area contributed by atoms with E-state index in [0.29, 0.717) is 25.7 Å². The molecule has 2 N–H and O–H groups in total. The van der Waals surface area contributed by atoms with Crippen molar-refractivity contribution >= 4 is 11.8 Å². The Hall–Kier alpha value is -3.97. The highest BCUT2D eigenvalue weighted by molar-refractivity contribution is 5.94. The minimum absolute atomic E-state index is 0.125. The molecule has 4 heterocycles. The number of aromatic amines is 1. The van der Waals surface area contributed by atoms with Gasteiger partial charge in [-0.25, -0.2) is 9.37 Å². The fraction of sp³-hybridized carbons (Fsp3) is 0.435. The van der Waals surface area contributed by atoms with Crippen LogP contribution in [0.25, 0.3) is 11.3 Å². The minimum atomic E-state index is -4.68. The number of rotatable bonds is 6. The Labute approximate surface area is 207 Å². The molecule has 1 saturated heterocycles. The first-order valence-electron chi connectivity index (χ1n) is 11.5. The van der Waals surface area contributed by atoms with E-state index in [9.17, 15) is 27.2 Å². The van der Waals surface area contributed by atoms with Gasteiger partial charge in [-0.2, -0.15) is 18.3 Å². The van der Waals surface area contributed by atoms with Crippen molar-refractivity contribution in [3.8, 4) is 17.1 Å². The maximum absolute atomic E-state index is 14.3. The second-order valence-electron chi connectivity index (χ2n) is 9.15. The molecule has 37 heavy (non-hydrogen) atoms. The summed E-state index contributed by atoms with van der Waals surface area (Å²) in [7, 11) is 1.40. The maximum Gasteiger partial charge on any atom is 0.437 e. The fourth-order valence-corrected chi connectivity index (χ4v) is 4.74. The highest BCUT2D eigenvalue weighted by atomic mass is 19.4. The van der Waals surface area contributed by atoms with E-state index in [0.717, 1.165) is 12.5 Å². The van der Waals surface area contributed by atoms with E-state index < -0.39 is 35.1 Å². The van der Waals surface area contributed by atoms with E-state index in [2.05, 4.69) is 30.2 Å². The van der Waals surface area contributed by atoms with Gasteiger partial charge in [-0.3, -0.25) is 14.7 Å². The average Bonchev–Trinajstić information content (AvgIpc) is 3.27. The number of carbonyl (C=O) groups is 2. The summed E-state index contributed by atoms with van der Waals surface area (Å²) >= 11 is 0. The fourth-order valence-electron chi connectivity index (χ4n) is 4.74. The van der Waals surface area contributed by atoms with Crippen molar-refractivity contribution in [3.05, 3.63) is 47.4 Å². The Morgan fingerprint density at radius 2 is 2.11 bits per heavy atom. The molecule has 2 fully saturated rings. The first-order chi connectivity index (χ1) is 17.6. The largest absolute Gasteiger partial charge is 0.481 e. The molecule has 0 radical (unpaired) electrons. The van der Waals surface area contributed by atoms with E-state index >= 15 is 0 Å². The number of methoxy groups -OCH3 is 1. The van der Waals surface area contributed by atoms with Crippen LogP contribution in [0.2, 0.25) is 0 Å². The molecule has 3 aromatic rings. The smallest absolute Gasteiger partial charge is 0.437 e. The molecule has 1 aliphatic heterocycles. The van der Waals surface area contributed by atoms with Crippen LogP contribution in [-0.4, -0.2) is 56.2 Å². The molecule has 2 amide bonds. The van der Waals surface area contributed by atoms with Gasteiger partial charge in [-0.1, -0.05) is 5.16 Å². The highest BCUT2D eigenvalue weighted by Crippen LogP contribution is 2.50. The number of alkyl halides is 3. The number of amides is 2. The Kier molecular flexibility index (Phi) is 6.12. The van der Waals surface area contributed by atoms with Gasteiger partial charge in [0, 0.05) is 41.7 Å². The van der Waals surface area contributed by atoms with Crippen LogP contribution in [0.4, 0.5) is 17.6 Å². The zero-order valence-electron chi connectivity index (χ0n) is 19.6. The van der Waals surface area contributed by atoms with Gasteiger partial charge in [0.1, 0.15) is 12.0 Å². The summed E-state index contributed by atoms with van der Waals surface area (Å²) in [5, 5.41) is 12.2. The van der Waals surface area contributed by atoms with Crippen molar-refractivity contribution < 1.29 is 36.4 Å². The monoisotopic (exact) mass is 522 g/mol. The van der Waals surface area contributed by atoms with Crippen molar-refractivity contribution in [2.24, 2.45) is 5.92 Å². The predicted octanol–water partition coefficient (Wildman–Crippen LogP) is 3.33. The number of piperidine rings is 1. The van der Waals surface area contributed by atoms with E-state index in [1.54, 1.807) is 4.90 Å². The van der Waals surface area contributed by atoms with Gasteiger partial charge in [0.25, 0.3) is 5.91 Å². The molecular weight excluding hydrogens is 500 g/mol. The first kappa shape index (κ1) is 24.7. The highest BCUT2D eigenvalue weighted by Gasteiger charge is 2.54. The van der Waals surface area contributed by atoms with Crippen LogP contribution >= 0.6 is 0 Å². The van der Waals surface area contributed by atoms with Crippen LogP contribution in [0.1, 0.15) is 47.4 Å². The third-order valence-corrected chi connectivity index (χ3v) is 6.83. The number of halogens is 4. The number of hydrogen-bond donors (Lipinski definition) is 2. The van der Waals surface area contributed by atoms with E-state index in [1.807, 2.05) is 0 Å². The Bertz CT molecular complexity index is 1330. The SMILES string of the molecule is COc1cc(-c2cc(C(=O)N3CC[C@H](C(=O)NCc4conc4C(F)(F)F)CC34CC4)[nH]n2)c(F)cn1. The Morgan fingerprint density at radius 1 is 1.32 bits per heavy atom. The summed E-state index contributed by atoms with van der Waals surface area (Å²) in [6, 6.07) is 2.83. The number of likely N-dealkylation sites (tertiary alicyclic amines) is 1. The molecule has 5 rings (SSSR count). The lowest BCUT2D eigenvalue weighted by Gasteiger charge is -2.39. The van der Waals surface area contributed by atoms with Crippen molar-refractivity contribution in [2.75, 3.05) is 13.7 Å². The molecule has 3 aromatic heterocycles. The molecule has 0 aromatic carbocycles. The molecule has 1 atom stereocenters. The summed E-state index contributed by atoms with van der Waals surface area (Å²) in [6.07, 6.45) is -0.693. The van der Waals surface area contributed by atoms with Crippen LogP contribution in [0.5, 0.6) is 5.88 Å². The molecular formula is C23H22F4N6O4. The zero-order valence-corrected chi connectivity index (χ0v) is 19.6. The number of hydrogen-bond acceptors (Lipinski definition) is 7. The molecule has 1 spiro atoms. The number of H-pyrrole nitrogens is 1. The number of pyridine rings is 1. The van der Waals surface area contributed by atoms with Gasteiger partial charge in [0.15, 0.2) is 11.5 Å². The van der Waals surface area contributed by atoms with Gasteiger partial charge >= 0.3 is 6.18 Å². The average molecular weight is 522 g/mol. The van der Waals surface area contributed by atoms with Crippen LogP contribution < -0.4 is 10.1 Å². The zero-order chi connectivity index (χ0) is 26.4. The van der Waals surface area contributed by atoms with Gasteiger partial charge in [-0.15, -0.1) is 0 Å². The van der Waals surface area contributed by atoms with Crippen molar-refractivity contribution in [2.45, 2.75) is 43.9 Å². The molecule has 1 saturated carbocycles. The number of carbonyl (C=O) groups excluding carboxylic acids is 2. The predicted molar refractivity (Wildman–Crippen MR) is 117 cm³/mol. The summed E-state index contributed by atoms with van der Waals surface area (Å²) in [5.74, 6) is -1.60. The molecule has 14 heteroatoms. The lowest BCUT2D eigenvalue weighted by molar-refractivity contribution is -0.143. The molecule has 0 unspecified atom stereocenters. The Morgan fingerprint density at radius 3 is 2.81 bits per heavy atom. The summed E-state index contributed by atoms with van der Waals surface area (Å²) in [4.78, 5) is 31.5. The van der Waals surface area contributed by atoms with Crippen molar-refractivity contribution in [1.29, 1.82) is 0 Å². The van der Waals surface area contributed by atoms with Crippen LogP contribution in [0.3, 0.4) is 0 Å². The minimum Gasteiger partial charge on any atom is -0.481 e. The number of ether oxygens (including phenoxy) is 1. The third-order valence-electron chi connectivity index (χ3n) is 6.83.